The molecule has 374 valence electrons. The third kappa shape index (κ3) is 7.94. The summed E-state index contributed by atoms with van der Waals surface area (Å²) in [7, 11) is 0. The molecule has 0 fully saturated rings. The fourth-order valence-corrected chi connectivity index (χ4v) is 13.2. The summed E-state index contributed by atoms with van der Waals surface area (Å²) in [6.45, 7) is 4.79. The van der Waals surface area contributed by atoms with Crippen molar-refractivity contribution in [3.63, 3.8) is 0 Å². The summed E-state index contributed by atoms with van der Waals surface area (Å²) in [4.78, 5) is 4.84. The van der Waals surface area contributed by atoms with Crippen LogP contribution in [0.2, 0.25) is 0 Å². The minimum atomic E-state index is -0.0381. The van der Waals surface area contributed by atoms with Gasteiger partial charge in [0, 0.05) is 39.5 Å². The van der Waals surface area contributed by atoms with Gasteiger partial charge in [-0.15, -0.1) is 0 Å². The number of allylic oxidation sites excluding steroid dienone is 4. The molecule has 0 spiro atoms. The lowest BCUT2D eigenvalue weighted by molar-refractivity contribution is 0.652. The normalized spacial score (nSPS) is 13.7. The summed E-state index contributed by atoms with van der Waals surface area (Å²) in [6, 6.07) is 101. The zero-order chi connectivity index (χ0) is 52.6. The maximum absolute atomic E-state index is 2.52. The van der Waals surface area contributed by atoms with Gasteiger partial charge in [0.2, 0.25) is 0 Å². The van der Waals surface area contributed by atoms with E-state index in [1.54, 1.807) is 0 Å². The molecule has 2 heteroatoms. The van der Waals surface area contributed by atoms with Crippen molar-refractivity contribution in [1.82, 2.24) is 0 Å². The molecule has 2 aliphatic rings. The van der Waals surface area contributed by atoms with Crippen molar-refractivity contribution in [1.29, 1.82) is 0 Å². The maximum Gasteiger partial charge on any atom is 0.0468 e. The monoisotopic (exact) mass is 1010 g/mol. The van der Waals surface area contributed by atoms with Crippen molar-refractivity contribution in [3.8, 4) is 22.3 Å². The summed E-state index contributed by atoms with van der Waals surface area (Å²) in [5.41, 5.74) is 19.9. The van der Waals surface area contributed by atoms with E-state index in [1.807, 2.05) is 0 Å². The molecule has 2 aliphatic carbocycles. The quantitative estimate of drug-likeness (QED) is 0.133. The summed E-state index contributed by atoms with van der Waals surface area (Å²) >= 11 is 0. The molecular formula is C77H56N2. The third-order valence-corrected chi connectivity index (χ3v) is 17.1. The van der Waals surface area contributed by atoms with Crippen LogP contribution in [0.4, 0.5) is 34.1 Å². The van der Waals surface area contributed by atoms with Gasteiger partial charge in [0.1, 0.15) is 0 Å². The lowest BCUT2D eigenvalue weighted by Gasteiger charge is -2.28. The molecule has 0 aliphatic heterocycles. The van der Waals surface area contributed by atoms with Gasteiger partial charge >= 0.3 is 0 Å². The minimum absolute atomic E-state index is 0.0381. The molecule has 13 aromatic rings. The average Bonchev–Trinajstić information content (AvgIpc) is 4.02. The summed E-state index contributed by atoms with van der Waals surface area (Å²) in [5, 5.41) is 12.1. The predicted octanol–water partition coefficient (Wildman–Crippen LogP) is 21.6. The number of para-hydroxylation sites is 2. The Morgan fingerprint density at radius 2 is 0.722 bits per heavy atom. The molecule has 0 saturated heterocycles. The van der Waals surface area contributed by atoms with Crippen molar-refractivity contribution in [3.05, 3.63) is 301 Å². The highest BCUT2D eigenvalue weighted by molar-refractivity contribution is 6.23. The zero-order valence-corrected chi connectivity index (χ0v) is 44.4. The number of fused-ring (bicyclic) bond motifs is 7. The van der Waals surface area contributed by atoms with Crippen LogP contribution in [-0.2, 0) is 5.41 Å². The number of rotatable bonds is 9. The molecule has 15 rings (SSSR count). The fraction of sp³-hybridized carbons (Fsp3) is 0.0649. The Hall–Kier alpha value is -9.76. The molecule has 0 unspecified atom stereocenters. The van der Waals surface area contributed by atoms with Gasteiger partial charge < -0.3 is 9.80 Å². The van der Waals surface area contributed by atoms with E-state index in [2.05, 4.69) is 303 Å². The molecule has 79 heavy (non-hydrogen) atoms. The number of hydrogen-bond acceptors (Lipinski definition) is 2. The van der Waals surface area contributed by atoms with Crippen molar-refractivity contribution >= 4 is 99.1 Å². The third-order valence-electron chi connectivity index (χ3n) is 17.1. The van der Waals surface area contributed by atoms with Gasteiger partial charge in [-0.05, 0) is 201 Å². The maximum atomic E-state index is 2.52. The van der Waals surface area contributed by atoms with Crippen molar-refractivity contribution in [2.24, 2.45) is 0 Å². The van der Waals surface area contributed by atoms with E-state index in [-0.39, 0.29) is 5.41 Å². The highest BCUT2D eigenvalue weighted by atomic mass is 15.1. The van der Waals surface area contributed by atoms with E-state index in [9.17, 15) is 0 Å². The molecule has 0 N–H and O–H groups in total. The molecule has 13 aromatic carbocycles. The topological polar surface area (TPSA) is 6.48 Å². The van der Waals surface area contributed by atoms with Crippen LogP contribution in [0.1, 0.15) is 43.4 Å². The molecule has 0 saturated carbocycles. The zero-order valence-electron chi connectivity index (χ0n) is 44.4. The number of nitrogens with zero attached hydrogens (tertiary/aromatic N) is 2. The molecule has 0 atom stereocenters. The molecular weight excluding hydrogens is 953 g/mol. The van der Waals surface area contributed by atoms with Crippen LogP contribution in [0, 0.1) is 0 Å². The van der Waals surface area contributed by atoms with Crippen LogP contribution in [0.25, 0.3) is 87.3 Å². The Morgan fingerprint density at radius 1 is 0.304 bits per heavy atom. The molecule has 2 nitrogen and oxygen atoms in total. The van der Waals surface area contributed by atoms with Crippen LogP contribution in [-0.4, -0.2) is 0 Å². The first-order valence-electron chi connectivity index (χ1n) is 27.8. The Bertz CT molecular complexity index is 4620. The smallest absolute Gasteiger partial charge is 0.0468 e. The Kier molecular flexibility index (Phi) is 11.1. The highest BCUT2D eigenvalue weighted by Gasteiger charge is 2.38. The van der Waals surface area contributed by atoms with E-state index in [1.165, 1.54) is 110 Å². The first-order valence-corrected chi connectivity index (χ1v) is 27.8. The molecule has 0 aromatic heterocycles. The van der Waals surface area contributed by atoms with Crippen LogP contribution >= 0.6 is 0 Å². The van der Waals surface area contributed by atoms with E-state index in [0.29, 0.717) is 0 Å². The second kappa shape index (κ2) is 18.8. The van der Waals surface area contributed by atoms with Gasteiger partial charge in [-0.2, -0.15) is 0 Å². The lowest BCUT2D eigenvalue weighted by atomic mass is 9.78. The summed E-state index contributed by atoms with van der Waals surface area (Å²) < 4.78 is 0. The SMILES string of the molecule is CC1(C)C2=C(CCC(c3ccc(-c4c5ccc(N(c6ccccc6)c6ccc7ccccc7c6)cc5c(-c5ccc6ccccc6c5)c5ccc(N(c6ccccc6)c6ccc7ccccc7c6)cc45)cc3)=C2)c2ccccc21. The van der Waals surface area contributed by atoms with E-state index < -0.39 is 0 Å². The van der Waals surface area contributed by atoms with Gasteiger partial charge in [0.25, 0.3) is 0 Å². The van der Waals surface area contributed by atoms with Crippen molar-refractivity contribution < 1.29 is 0 Å². The Balaban J connectivity index is 0.990. The van der Waals surface area contributed by atoms with Crippen LogP contribution in [0.15, 0.2) is 285 Å². The average molecular weight is 1010 g/mol. The largest absolute Gasteiger partial charge is 0.310 e. The first kappa shape index (κ1) is 46.5. The van der Waals surface area contributed by atoms with Gasteiger partial charge in [0.15, 0.2) is 0 Å². The van der Waals surface area contributed by atoms with E-state index in [4.69, 9.17) is 0 Å². The first-order chi connectivity index (χ1) is 38.9. The summed E-state index contributed by atoms with van der Waals surface area (Å²) in [6.07, 6.45) is 4.58. The second-order valence-electron chi connectivity index (χ2n) is 22.0. The van der Waals surface area contributed by atoms with Gasteiger partial charge in [-0.3, -0.25) is 0 Å². The summed E-state index contributed by atoms with van der Waals surface area (Å²) in [5.74, 6) is 0. The fourth-order valence-electron chi connectivity index (χ4n) is 13.2. The standard InChI is InChI=1S/C77H56N2/c1-77(2)73-28-16-15-27-67(73)68-42-37-59(48-74(68)77)54-29-32-55(33-30-54)75-69-43-40-66(79(62-25-7-4-8-26-62)64-39-36-53-19-11-14-22-58(53)47-64)50-72(69)76(60-34-31-51-17-9-12-20-56(51)45-60)70-44-41-65(49-71(70)75)78(61-23-5-3-6-24-61)63-38-35-52-18-10-13-21-57(52)46-63/h3-36,38-41,43-50H,37,42H2,1-2H3. The number of anilines is 6. The minimum Gasteiger partial charge on any atom is -0.310 e. The number of hydrogen-bond donors (Lipinski definition) is 0. The second-order valence-corrected chi connectivity index (χ2v) is 22.0. The van der Waals surface area contributed by atoms with Gasteiger partial charge in [-0.1, -0.05) is 214 Å². The number of benzene rings is 13. The van der Waals surface area contributed by atoms with Crippen LogP contribution in [0.5, 0.6) is 0 Å². The Morgan fingerprint density at radius 3 is 1.28 bits per heavy atom. The molecule has 0 heterocycles. The van der Waals surface area contributed by atoms with Gasteiger partial charge in [-0.25, -0.2) is 0 Å². The van der Waals surface area contributed by atoms with E-state index >= 15 is 0 Å². The molecule has 0 bridgehead atoms. The van der Waals surface area contributed by atoms with Crippen LogP contribution in [0.3, 0.4) is 0 Å². The van der Waals surface area contributed by atoms with Crippen molar-refractivity contribution in [2.75, 3.05) is 9.80 Å². The Labute approximate surface area is 462 Å². The van der Waals surface area contributed by atoms with Crippen LogP contribution < -0.4 is 9.80 Å². The highest BCUT2D eigenvalue weighted by Crippen LogP contribution is 2.53. The van der Waals surface area contributed by atoms with E-state index in [0.717, 1.165) is 47.0 Å². The molecule has 0 radical (unpaired) electrons. The van der Waals surface area contributed by atoms with Crippen molar-refractivity contribution in [2.45, 2.75) is 32.1 Å². The van der Waals surface area contributed by atoms with Gasteiger partial charge in [0.05, 0.1) is 0 Å². The lowest BCUT2D eigenvalue weighted by Crippen LogP contribution is -2.17. The molecule has 0 amide bonds. The predicted molar refractivity (Wildman–Crippen MR) is 338 cm³/mol.